The van der Waals surface area contributed by atoms with Crippen LogP contribution in [0, 0.1) is 27.2 Å². The van der Waals surface area contributed by atoms with E-state index in [0.29, 0.717) is 0 Å². The summed E-state index contributed by atoms with van der Waals surface area (Å²) in [5.41, 5.74) is -2.17. The van der Waals surface area contributed by atoms with Gasteiger partial charge in [-0.15, -0.1) is 0 Å². The van der Waals surface area contributed by atoms with Crippen molar-refractivity contribution >= 4 is 17.5 Å². The molecule has 1 unspecified atom stereocenters. The van der Waals surface area contributed by atoms with Crippen LogP contribution in [0.5, 0.6) is 0 Å². The topological polar surface area (TPSA) is 206 Å². The summed E-state index contributed by atoms with van der Waals surface area (Å²) >= 11 is 0. The Morgan fingerprint density at radius 1 is 1.24 bits per heavy atom. The Kier molecular flexibility index (Phi) is 7.37. The molecule has 34 heavy (non-hydrogen) atoms. The molecule has 1 fully saturated rings. The fraction of sp³-hybridized carbons (Fsp3) is 0.421. The Labute approximate surface area is 189 Å². The van der Waals surface area contributed by atoms with Crippen molar-refractivity contribution in [3.8, 4) is 0 Å². The summed E-state index contributed by atoms with van der Waals surface area (Å²) < 4.78 is 16.4. The number of aliphatic hydroxyl groups is 1. The van der Waals surface area contributed by atoms with E-state index >= 15 is 0 Å². The maximum Gasteiger partial charge on any atom is 0.508 e. The average molecular weight is 480 g/mol. The Hall–Kier alpha value is -4.11. The lowest BCUT2D eigenvalue weighted by atomic mass is 10.1. The summed E-state index contributed by atoms with van der Waals surface area (Å²) in [5.74, 6) is 0. The summed E-state index contributed by atoms with van der Waals surface area (Å²) in [4.78, 5) is 58.2. The lowest BCUT2D eigenvalue weighted by Crippen LogP contribution is -2.33. The molecule has 1 saturated heterocycles. The monoisotopic (exact) mass is 480 g/mol. The molecule has 182 valence electrons. The predicted molar refractivity (Wildman–Crippen MR) is 111 cm³/mol. The van der Waals surface area contributed by atoms with Crippen molar-refractivity contribution in [1.82, 2.24) is 9.55 Å². The standard InChI is InChI=1S/C19H20N4O11/c1-10-8-21(18(26)20-17(10)25)16-7-14(24)15(34-16)9-33-19(27)32-6-5-11-12(22(28)29)3-2-4-13(11)23(30)31/h2-4,8,14-16,24H,5-7,9H2,1H3,(H,20,25,26)/t14?,15-,16-/m1/s1. The van der Waals surface area contributed by atoms with Gasteiger partial charge in [0.2, 0.25) is 0 Å². The summed E-state index contributed by atoms with van der Waals surface area (Å²) in [5, 5.41) is 32.4. The zero-order valence-corrected chi connectivity index (χ0v) is 17.7. The molecule has 2 aromatic rings. The first-order valence-electron chi connectivity index (χ1n) is 9.94. The maximum absolute atomic E-state index is 12.0. The highest BCUT2D eigenvalue weighted by molar-refractivity contribution is 5.60. The van der Waals surface area contributed by atoms with Gasteiger partial charge in [-0.3, -0.25) is 34.6 Å². The number of nitro benzene ring substituents is 2. The molecule has 0 amide bonds. The number of benzene rings is 1. The molecule has 0 saturated carbocycles. The van der Waals surface area contributed by atoms with Crippen LogP contribution >= 0.6 is 0 Å². The highest BCUT2D eigenvalue weighted by Crippen LogP contribution is 2.29. The van der Waals surface area contributed by atoms with Crippen LogP contribution < -0.4 is 11.2 Å². The smallest absolute Gasteiger partial charge is 0.434 e. The molecule has 15 nitrogen and oxygen atoms in total. The van der Waals surface area contributed by atoms with Crippen LogP contribution in [0.2, 0.25) is 0 Å². The molecule has 1 aromatic carbocycles. The number of aromatic amines is 1. The number of aromatic nitrogens is 2. The van der Waals surface area contributed by atoms with Crippen molar-refractivity contribution in [3.05, 3.63) is 76.6 Å². The number of aryl methyl sites for hydroxylation is 1. The van der Waals surface area contributed by atoms with Crippen molar-refractivity contribution in [2.45, 2.75) is 38.2 Å². The lowest BCUT2D eigenvalue weighted by Gasteiger charge is -2.16. The number of carbonyl (C=O) groups excluding carboxylic acids is 1. The number of nitrogens with one attached hydrogen (secondary N) is 1. The zero-order chi connectivity index (χ0) is 25.0. The maximum atomic E-state index is 12.0. The summed E-state index contributed by atoms with van der Waals surface area (Å²) in [7, 11) is 0. The number of nitro groups is 2. The second-order valence-electron chi connectivity index (χ2n) is 7.36. The van der Waals surface area contributed by atoms with Gasteiger partial charge in [-0.25, -0.2) is 9.59 Å². The van der Waals surface area contributed by atoms with Crippen LogP contribution in [0.4, 0.5) is 16.2 Å². The highest BCUT2D eigenvalue weighted by atomic mass is 16.7. The van der Waals surface area contributed by atoms with E-state index in [1.807, 2.05) is 0 Å². The summed E-state index contributed by atoms with van der Waals surface area (Å²) in [6.45, 7) is 0.627. The molecule has 2 N–H and O–H groups in total. The van der Waals surface area contributed by atoms with Gasteiger partial charge in [-0.1, -0.05) is 0 Å². The predicted octanol–water partition coefficient (Wildman–Crippen LogP) is 0.706. The van der Waals surface area contributed by atoms with Crippen molar-refractivity contribution in [1.29, 1.82) is 0 Å². The fourth-order valence-electron chi connectivity index (χ4n) is 3.43. The Balaban J connectivity index is 1.54. The average Bonchev–Trinajstić information content (AvgIpc) is 3.14. The summed E-state index contributed by atoms with van der Waals surface area (Å²) in [6, 6.07) is 3.38. The molecule has 0 spiro atoms. The number of hydrogen-bond donors (Lipinski definition) is 2. The molecule has 0 bridgehead atoms. The Morgan fingerprint density at radius 2 is 1.88 bits per heavy atom. The van der Waals surface area contributed by atoms with Crippen molar-refractivity contribution in [2.75, 3.05) is 13.2 Å². The van der Waals surface area contributed by atoms with Crippen molar-refractivity contribution < 1.29 is 34.0 Å². The van der Waals surface area contributed by atoms with Gasteiger partial charge < -0.3 is 19.3 Å². The molecule has 2 heterocycles. The minimum Gasteiger partial charge on any atom is -0.434 e. The third-order valence-corrected chi connectivity index (χ3v) is 5.12. The van der Waals surface area contributed by atoms with E-state index in [0.717, 1.165) is 16.7 Å². The Bertz CT molecular complexity index is 1190. The summed E-state index contributed by atoms with van der Waals surface area (Å²) in [6.07, 6.45) is -3.19. The number of ether oxygens (including phenoxy) is 3. The number of aliphatic hydroxyl groups excluding tert-OH is 1. The van der Waals surface area contributed by atoms with Crippen LogP contribution in [0.1, 0.15) is 23.8 Å². The quantitative estimate of drug-likeness (QED) is 0.305. The van der Waals surface area contributed by atoms with Gasteiger partial charge in [-0.2, -0.15) is 0 Å². The van der Waals surface area contributed by atoms with Crippen LogP contribution in [0.25, 0.3) is 0 Å². The molecule has 15 heteroatoms. The van der Waals surface area contributed by atoms with Crippen LogP contribution in [-0.4, -0.2) is 56.1 Å². The SMILES string of the molecule is Cc1cn([C@H]2CC(O)[C@@H](COC(=O)OCCc3c([N+](=O)[O-])cccc3[N+](=O)[O-])O2)c(=O)[nH]c1=O. The third-order valence-electron chi connectivity index (χ3n) is 5.12. The first-order chi connectivity index (χ1) is 16.1. The van der Waals surface area contributed by atoms with E-state index in [1.54, 1.807) is 0 Å². The number of hydrogen-bond acceptors (Lipinski definition) is 11. The molecule has 3 rings (SSSR count). The highest BCUT2D eigenvalue weighted by Gasteiger charge is 2.36. The van der Waals surface area contributed by atoms with Gasteiger partial charge in [0.25, 0.3) is 16.9 Å². The van der Waals surface area contributed by atoms with Crippen LogP contribution in [0.3, 0.4) is 0 Å². The molecule has 1 aromatic heterocycles. The molecule has 0 radical (unpaired) electrons. The molecule has 3 atom stereocenters. The Morgan fingerprint density at radius 3 is 2.50 bits per heavy atom. The lowest BCUT2D eigenvalue weighted by molar-refractivity contribution is -0.395. The van der Waals surface area contributed by atoms with E-state index in [-0.39, 0.29) is 24.0 Å². The van der Waals surface area contributed by atoms with E-state index in [1.165, 1.54) is 19.2 Å². The second-order valence-corrected chi connectivity index (χ2v) is 7.36. The largest absolute Gasteiger partial charge is 0.508 e. The third kappa shape index (κ3) is 5.44. The second kappa shape index (κ2) is 10.2. The number of rotatable bonds is 8. The first kappa shape index (κ1) is 24.5. The number of H-pyrrole nitrogens is 1. The molecule has 1 aliphatic rings. The van der Waals surface area contributed by atoms with Crippen molar-refractivity contribution in [3.63, 3.8) is 0 Å². The normalized spacial score (nSPS) is 19.5. The number of nitrogens with zero attached hydrogens (tertiary/aromatic N) is 3. The van der Waals surface area contributed by atoms with Gasteiger partial charge in [0.15, 0.2) is 0 Å². The van der Waals surface area contributed by atoms with Gasteiger partial charge in [0.1, 0.15) is 24.5 Å². The zero-order valence-electron chi connectivity index (χ0n) is 17.7. The van der Waals surface area contributed by atoms with Crippen LogP contribution in [0.15, 0.2) is 34.0 Å². The minimum absolute atomic E-state index is 0.00416. The molecular formula is C19H20N4O11. The van der Waals surface area contributed by atoms with Crippen molar-refractivity contribution in [2.24, 2.45) is 0 Å². The van der Waals surface area contributed by atoms with Crippen LogP contribution in [-0.2, 0) is 20.6 Å². The van der Waals surface area contributed by atoms with E-state index < -0.39 is 70.3 Å². The van der Waals surface area contributed by atoms with Gasteiger partial charge in [0, 0.05) is 36.7 Å². The molecule has 1 aliphatic heterocycles. The van der Waals surface area contributed by atoms with E-state index in [2.05, 4.69) is 4.98 Å². The van der Waals surface area contributed by atoms with Gasteiger partial charge >= 0.3 is 11.8 Å². The number of carbonyl (C=O) groups is 1. The van der Waals surface area contributed by atoms with Gasteiger partial charge in [0.05, 0.1) is 22.6 Å². The molecule has 0 aliphatic carbocycles. The fourth-order valence-corrected chi connectivity index (χ4v) is 3.43. The minimum atomic E-state index is -1.18. The first-order valence-corrected chi connectivity index (χ1v) is 9.94. The van der Waals surface area contributed by atoms with Gasteiger partial charge in [-0.05, 0) is 13.0 Å². The molecular weight excluding hydrogens is 460 g/mol. The van der Waals surface area contributed by atoms with E-state index in [4.69, 9.17) is 14.2 Å². The van der Waals surface area contributed by atoms with E-state index in [9.17, 15) is 39.7 Å².